The van der Waals surface area contributed by atoms with E-state index in [2.05, 4.69) is 31.9 Å². The molecule has 1 aliphatic rings. The Bertz CT molecular complexity index is 1470. The molecule has 0 spiro atoms. The van der Waals surface area contributed by atoms with Crippen LogP contribution in [0.3, 0.4) is 0 Å². The quantitative estimate of drug-likeness (QED) is 0.180. The molecule has 38 heavy (non-hydrogen) atoms. The molecule has 1 saturated heterocycles. The minimum atomic E-state index is -0.0653. The SMILES string of the molecule is O=C1/C(=C\c2cc(Br)ccc2OCc2ccc(Br)cc2)SC(=NCc2ccccc2)N1Cc1ccccc1. The number of rotatable bonds is 8. The zero-order chi connectivity index (χ0) is 26.3. The lowest BCUT2D eigenvalue weighted by Gasteiger charge is -2.15. The van der Waals surface area contributed by atoms with E-state index < -0.39 is 0 Å². The van der Waals surface area contributed by atoms with Crippen molar-refractivity contribution in [2.75, 3.05) is 0 Å². The first-order chi connectivity index (χ1) is 18.5. The van der Waals surface area contributed by atoms with Gasteiger partial charge in [-0.15, -0.1) is 0 Å². The molecular formula is C31H24Br2N2O2S. The van der Waals surface area contributed by atoms with E-state index in [4.69, 9.17) is 9.73 Å². The Morgan fingerprint density at radius 2 is 1.45 bits per heavy atom. The van der Waals surface area contributed by atoms with E-state index >= 15 is 0 Å². The molecule has 0 aliphatic carbocycles. The zero-order valence-corrected chi connectivity index (χ0v) is 24.4. The topological polar surface area (TPSA) is 41.9 Å². The van der Waals surface area contributed by atoms with Crippen LogP contribution in [0.2, 0.25) is 0 Å². The highest BCUT2D eigenvalue weighted by Gasteiger charge is 2.33. The second-order valence-electron chi connectivity index (χ2n) is 8.67. The number of hydrogen-bond donors (Lipinski definition) is 0. The summed E-state index contributed by atoms with van der Waals surface area (Å²) in [5.74, 6) is 0.644. The van der Waals surface area contributed by atoms with Gasteiger partial charge in [0.15, 0.2) is 5.17 Å². The molecule has 0 bridgehead atoms. The molecule has 0 atom stereocenters. The summed E-state index contributed by atoms with van der Waals surface area (Å²) in [6.07, 6.45) is 1.90. The lowest BCUT2D eigenvalue weighted by Crippen LogP contribution is -2.28. The molecule has 1 fully saturated rings. The fourth-order valence-electron chi connectivity index (χ4n) is 3.92. The van der Waals surface area contributed by atoms with Gasteiger partial charge >= 0.3 is 0 Å². The molecule has 4 aromatic carbocycles. The molecule has 0 unspecified atom stereocenters. The Kier molecular flexibility index (Phi) is 8.79. The number of nitrogens with zero attached hydrogens (tertiary/aromatic N) is 2. The van der Waals surface area contributed by atoms with Gasteiger partial charge in [-0.05, 0) is 64.9 Å². The summed E-state index contributed by atoms with van der Waals surface area (Å²) in [6.45, 7) is 1.40. The normalized spacial score (nSPS) is 15.4. The Morgan fingerprint density at radius 3 is 2.16 bits per heavy atom. The molecule has 4 nitrogen and oxygen atoms in total. The first-order valence-corrected chi connectivity index (χ1v) is 14.5. The molecule has 0 radical (unpaired) electrons. The van der Waals surface area contributed by atoms with Gasteiger partial charge in [0.05, 0.1) is 18.0 Å². The number of carbonyl (C=O) groups is 1. The van der Waals surface area contributed by atoms with Crippen LogP contribution in [0.1, 0.15) is 22.3 Å². The van der Waals surface area contributed by atoms with Gasteiger partial charge < -0.3 is 4.74 Å². The number of aliphatic imine (C=N–C) groups is 1. The van der Waals surface area contributed by atoms with Gasteiger partial charge in [-0.3, -0.25) is 14.7 Å². The molecule has 1 aliphatic heterocycles. The zero-order valence-electron chi connectivity index (χ0n) is 20.4. The third-order valence-electron chi connectivity index (χ3n) is 5.88. The summed E-state index contributed by atoms with van der Waals surface area (Å²) >= 11 is 8.44. The monoisotopic (exact) mass is 646 g/mol. The average Bonchev–Trinajstić information content (AvgIpc) is 3.22. The number of ether oxygens (including phenoxy) is 1. The molecule has 4 aromatic rings. The van der Waals surface area contributed by atoms with Crippen LogP contribution in [0.5, 0.6) is 5.75 Å². The van der Waals surface area contributed by atoms with Gasteiger partial charge in [-0.25, -0.2) is 0 Å². The van der Waals surface area contributed by atoms with Crippen molar-refractivity contribution in [3.63, 3.8) is 0 Å². The summed E-state index contributed by atoms with van der Waals surface area (Å²) in [6, 6.07) is 33.9. The van der Waals surface area contributed by atoms with Crippen molar-refractivity contribution >= 4 is 60.8 Å². The minimum Gasteiger partial charge on any atom is -0.488 e. The van der Waals surface area contributed by atoms with E-state index in [1.165, 1.54) is 11.8 Å². The van der Waals surface area contributed by atoms with Crippen molar-refractivity contribution in [2.24, 2.45) is 4.99 Å². The largest absolute Gasteiger partial charge is 0.488 e. The van der Waals surface area contributed by atoms with E-state index in [0.717, 1.165) is 31.2 Å². The highest BCUT2D eigenvalue weighted by Crippen LogP contribution is 2.36. The van der Waals surface area contributed by atoms with Crippen molar-refractivity contribution in [3.8, 4) is 5.75 Å². The molecule has 0 aromatic heterocycles. The van der Waals surface area contributed by atoms with Gasteiger partial charge in [0.25, 0.3) is 5.91 Å². The standard InChI is InChI=1S/C31H24Br2N2O2S/c32-26-13-11-24(12-14-26)21-37-28-16-15-27(33)17-25(28)18-29-30(36)35(20-23-9-5-2-6-10-23)31(38-29)34-19-22-7-3-1-4-8-22/h1-18H,19-21H2/b29-18+,34-31?. The fraction of sp³-hybridized carbons (Fsp3) is 0.0968. The maximum atomic E-state index is 13.6. The Balaban J connectivity index is 1.43. The van der Waals surface area contributed by atoms with Crippen molar-refractivity contribution in [1.29, 1.82) is 0 Å². The first kappa shape index (κ1) is 26.5. The maximum Gasteiger partial charge on any atom is 0.267 e. The van der Waals surface area contributed by atoms with Crippen LogP contribution in [-0.2, 0) is 24.5 Å². The predicted octanol–water partition coefficient (Wildman–Crippen LogP) is 8.46. The van der Waals surface area contributed by atoms with Gasteiger partial charge in [-0.2, -0.15) is 0 Å². The van der Waals surface area contributed by atoms with Crippen molar-refractivity contribution in [2.45, 2.75) is 19.7 Å². The van der Waals surface area contributed by atoms with Gasteiger partial charge in [-0.1, -0.05) is 105 Å². The van der Waals surface area contributed by atoms with Gasteiger partial charge in [0.2, 0.25) is 0 Å². The molecule has 1 heterocycles. The molecular weight excluding hydrogens is 624 g/mol. The number of halogens is 2. The third-order valence-corrected chi connectivity index (χ3v) is 7.94. The number of carbonyl (C=O) groups excluding carboxylic acids is 1. The smallest absolute Gasteiger partial charge is 0.267 e. The minimum absolute atomic E-state index is 0.0653. The molecule has 190 valence electrons. The van der Waals surface area contributed by atoms with Crippen LogP contribution in [0, 0.1) is 0 Å². The third kappa shape index (κ3) is 6.84. The summed E-state index contributed by atoms with van der Waals surface area (Å²) < 4.78 is 8.11. The van der Waals surface area contributed by atoms with Crippen molar-refractivity contribution in [1.82, 2.24) is 4.90 Å². The van der Waals surface area contributed by atoms with Crippen LogP contribution in [0.4, 0.5) is 0 Å². The fourth-order valence-corrected chi connectivity index (χ4v) is 5.53. The first-order valence-electron chi connectivity index (χ1n) is 12.1. The van der Waals surface area contributed by atoms with E-state index in [-0.39, 0.29) is 5.91 Å². The molecule has 7 heteroatoms. The van der Waals surface area contributed by atoms with Crippen LogP contribution < -0.4 is 4.74 Å². The molecule has 0 N–H and O–H groups in total. The Labute approximate surface area is 243 Å². The molecule has 5 rings (SSSR count). The van der Waals surface area contributed by atoms with Gasteiger partial charge in [0, 0.05) is 14.5 Å². The van der Waals surface area contributed by atoms with Crippen molar-refractivity contribution in [3.05, 3.63) is 139 Å². The number of amidine groups is 1. The molecule has 0 saturated carbocycles. The lowest BCUT2D eigenvalue weighted by atomic mass is 10.1. The van der Waals surface area contributed by atoms with Crippen LogP contribution in [0.25, 0.3) is 6.08 Å². The predicted molar refractivity (Wildman–Crippen MR) is 163 cm³/mol. The number of hydrogen-bond acceptors (Lipinski definition) is 4. The summed E-state index contributed by atoms with van der Waals surface area (Å²) in [4.78, 5) is 20.8. The van der Waals surface area contributed by atoms with Crippen LogP contribution in [-0.4, -0.2) is 16.0 Å². The molecule has 1 amide bonds. The number of thioether (sulfide) groups is 1. The van der Waals surface area contributed by atoms with E-state index in [0.29, 0.717) is 35.5 Å². The maximum absolute atomic E-state index is 13.6. The van der Waals surface area contributed by atoms with Gasteiger partial charge in [0.1, 0.15) is 12.4 Å². The number of benzene rings is 4. The van der Waals surface area contributed by atoms with E-state index in [1.807, 2.05) is 109 Å². The second-order valence-corrected chi connectivity index (χ2v) is 11.5. The highest BCUT2D eigenvalue weighted by molar-refractivity contribution is 9.10. The summed E-state index contributed by atoms with van der Waals surface area (Å²) in [5.41, 5.74) is 4.04. The van der Waals surface area contributed by atoms with Crippen molar-refractivity contribution < 1.29 is 9.53 Å². The summed E-state index contributed by atoms with van der Waals surface area (Å²) in [5, 5.41) is 0.696. The number of amides is 1. The highest BCUT2D eigenvalue weighted by atomic mass is 79.9. The summed E-state index contributed by atoms with van der Waals surface area (Å²) in [7, 11) is 0. The second kappa shape index (κ2) is 12.6. The van der Waals surface area contributed by atoms with E-state index in [9.17, 15) is 4.79 Å². The Hall–Kier alpha value is -3.13. The van der Waals surface area contributed by atoms with E-state index in [1.54, 1.807) is 4.90 Å². The van der Waals surface area contributed by atoms with Crippen LogP contribution >= 0.6 is 43.6 Å². The van der Waals surface area contributed by atoms with Crippen LogP contribution in [0.15, 0.2) is 122 Å². The lowest BCUT2D eigenvalue weighted by molar-refractivity contribution is -0.122. The Morgan fingerprint density at radius 1 is 0.789 bits per heavy atom. The average molecular weight is 648 g/mol.